The number of likely N-dealkylation sites (N-methyl/N-ethyl adjacent to an activating group) is 1. The van der Waals surface area contributed by atoms with Crippen LogP contribution in [0.5, 0.6) is 0 Å². The maximum absolute atomic E-state index is 12.8. The van der Waals surface area contributed by atoms with E-state index < -0.39 is 0 Å². The zero-order valence-electron chi connectivity index (χ0n) is 14.4. The molecular formula is C20H21N3OS. The number of allylic oxidation sites excluding steroid dienone is 6. The van der Waals surface area contributed by atoms with Gasteiger partial charge in [-0.15, -0.1) is 11.8 Å². The first-order valence-corrected chi connectivity index (χ1v) is 9.37. The summed E-state index contributed by atoms with van der Waals surface area (Å²) in [6.45, 7) is 1.45. The van der Waals surface area contributed by atoms with E-state index in [9.17, 15) is 4.79 Å². The molecule has 2 unspecified atom stereocenters. The number of hydrogen-bond acceptors (Lipinski definition) is 4. The number of hydrogen-bond donors (Lipinski definition) is 1. The number of aliphatic imine (C=N–C) groups is 1. The lowest BCUT2D eigenvalue weighted by atomic mass is 9.85. The minimum absolute atomic E-state index is 0.0206. The van der Waals surface area contributed by atoms with Gasteiger partial charge in [0.15, 0.2) is 0 Å². The quantitative estimate of drug-likeness (QED) is 0.846. The zero-order chi connectivity index (χ0) is 17.4. The number of fused-ring (bicyclic) bond motifs is 3. The zero-order valence-corrected chi connectivity index (χ0v) is 15.2. The summed E-state index contributed by atoms with van der Waals surface area (Å²) in [5.74, 6) is -0.0206. The van der Waals surface area contributed by atoms with Crippen LogP contribution in [-0.2, 0) is 4.79 Å². The predicted octanol–water partition coefficient (Wildman–Crippen LogP) is 2.41. The number of carbonyl (C=O) groups excluding carboxylic acids is 1. The third kappa shape index (κ3) is 2.98. The number of nitrogens with zero attached hydrogens (tertiary/aromatic N) is 2. The molecule has 0 aromatic heterocycles. The highest BCUT2D eigenvalue weighted by Gasteiger charge is 2.37. The summed E-state index contributed by atoms with van der Waals surface area (Å²) in [6.07, 6.45) is 16.4. The topological polar surface area (TPSA) is 44.7 Å². The molecule has 2 atom stereocenters. The molecule has 0 spiro atoms. The van der Waals surface area contributed by atoms with Crippen molar-refractivity contribution in [2.45, 2.75) is 11.3 Å². The lowest BCUT2D eigenvalue weighted by Gasteiger charge is -2.26. The molecule has 4 rings (SSSR count). The van der Waals surface area contributed by atoms with E-state index in [1.807, 2.05) is 31.9 Å². The van der Waals surface area contributed by atoms with Crippen molar-refractivity contribution < 1.29 is 4.79 Å². The molecule has 2 aliphatic carbocycles. The highest BCUT2D eigenvalue weighted by molar-refractivity contribution is 8.04. The van der Waals surface area contributed by atoms with Crippen molar-refractivity contribution in [2.24, 2.45) is 4.99 Å². The number of thioether (sulfide) groups is 1. The number of carbonyl (C=O) groups is 1. The van der Waals surface area contributed by atoms with Crippen molar-refractivity contribution in [1.82, 2.24) is 10.2 Å². The first kappa shape index (κ1) is 16.4. The fraction of sp³-hybridized carbons (Fsp3) is 0.300. The molecule has 0 aromatic rings. The summed E-state index contributed by atoms with van der Waals surface area (Å²) >= 11 is 1.86. The lowest BCUT2D eigenvalue weighted by Crippen LogP contribution is -2.36. The number of dihydropyridines is 1. The van der Waals surface area contributed by atoms with Gasteiger partial charge < -0.3 is 10.2 Å². The highest BCUT2D eigenvalue weighted by Crippen LogP contribution is 2.50. The number of nitrogens with one attached hydrogen (secondary N) is 1. The van der Waals surface area contributed by atoms with Crippen LogP contribution >= 0.6 is 11.8 Å². The molecule has 0 fully saturated rings. The van der Waals surface area contributed by atoms with Crippen molar-refractivity contribution in [3.05, 3.63) is 69.7 Å². The van der Waals surface area contributed by atoms with Gasteiger partial charge in [-0.2, -0.15) is 0 Å². The van der Waals surface area contributed by atoms with E-state index in [2.05, 4.69) is 51.7 Å². The molecule has 1 N–H and O–H groups in total. The average molecular weight is 351 g/mol. The van der Waals surface area contributed by atoms with Gasteiger partial charge in [-0.05, 0) is 43.0 Å². The monoisotopic (exact) mass is 351 g/mol. The Morgan fingerprint density at radius 3 is 2.92 bits per heavy atom. The molecule has 0 aromatic carbocycles. The van der Waals surface area contributed by atoms with E-state index in [1.165, 1.54) is 16.1 Å². The molecule has 0 saturated heterocycles. The minimum atomic E-state index is -0.190. The van der Waals surface area contributed by atoms with Gasteiger partial charge in [-0.3, -0.25) is 9.79 Å². The third-order valence-corrected chi connectivity index (χ3v) is 5.99. The van der Waals surface area contributed by atoms with Gasteiger partial charge in [0, 0.05) is 29.8 Å². The van der Waals surface area contributed by atoms with E-state index in [0.717, 1.165) is 17.7 Å². The van der Waals surface area contributed by atoms with Gasteiger partial charge in [-0.1, -0.05) is 30.4 Å². The van der Waals surface area contributed by atoms with Gasteiger partial charge in [0.1, 0.15) is 6.04 Å². The van der Waals surface area contributed by atoms with Crippen LogP contribution in [0.4, 0.5) is 0 Å². The van der Waals surface area contributed by atoms with Crippen LogP contribution in [0, 0.1) is 0 Å². The molecule has 25 heavy (non-hydrogen) atoms. The summed E-state index contributed by atoms with van der Waals surface area (Å²) in [5, 5.41) is 3.38. The van der Waals surface area contributed by atoms with Crippen molar-refractivity contribution >= 4 is 23.9 Å². The Morgan fingerprint density at radius 2 is 2.08 bits per heavy atom. The fourth-order valence-corrected chi connectivity index (χ4v) is 4.76. The molecule has 4 nitrogen and oxygen atoms in total. The molecule has 1 amide bonds. The molecular weight excluding hydrogens is 330 g/mol. The van der Waals surface area contributed by atoms with Crippen molar-refractivity contribution in [1.29, 1.82) is 0 Å². The largest absolute Gasteiger partial charge is 0.351 e. The molecule has 0 radical (unpaired) electrons. The molecule has 2 heterocycles. The maximum Gasteiger partial charge on any atom is 0.249 e. The summed E-state index contributed by atoms with van der Waals surface area (Å²) < 4.78 is 0. The summed E-state index contributed by atoms with van der Waals surface area (Å²) in [4.78, 5) is 20.7. The summed E-state index contributed by atoms with van der Waals surface area (Å²) in [6, 6.07) is -0.190. The fourth-order valence-electron chi connectivity index (χ4n) is 3.38. The van der Waals surface area contributed by atoms with E-state index in [4.69, 9.17) is 0 Å². The van der Waals surface area contributed by atoms with Gasteiger partial charge in [0.05, 0.1) is 5.25 Å². The van der Waals surface area contributed by atoms with Crippen LogP contribution in [0.15, 0.2) is 74.7 Å². The van der Waals surface area contributed by atoms with Crippen molar-refractivity contribution in [3.63, 3.8) is 0 Å². The SMILES string of the molecule is CN(C)CCNC(=O)C1=CC2=C3C=CC=CC3SC2=C2C=CC=NC12. The molecule has 0 bridgehead atoms. The summed E-state index contributed by atoms with van der Waals surface area (Å²) in [7, 11) is 4.00. The van der Waals surface area contributed by atoms with Crippen LogP contribution in [-0.4, -0.2) is 55.5 Å². The van der Waals surface area contributed by atoms with Crippen LogP contribution < -0.4 is 5.32 Å². The Balaban J connectivity index is 1.69. The predicted molar refractivity (Wildman–Crippen MR) is 105 cm³/mol. The molecule has 128 valence electrons. The summed E-state index contributed by atoms with van der Waals surface area (Å²) in [5.41, 5.74) is 4.35. The van der Waals surface area contributed by atoms with Crippen LogP contribution in [0.1, 0.15) is 0 Å². The van der Waals surface area contributed by atoms with Crippen LogP contribution in [0.25, 0.3) is 0 Å². The third-order valence-electron chi connectivity index (χ3n) is 4.63. The molecule has 4 aliphatic rings. The van der Waals surface area contributed by atoms with Gasteiger partial charge in [-0.25, -0.2) is 0 Å². The molecule has 5 heteroatoms. The molecule has 0 saturated carbocycles. The second-order valence-electron chi connectivity index (χ2n) is 6.65. The number of amides is 1. The normalized spacial score (nSPS) is 26.0. The smallest absolute Gasteiger partial charge is 0.249 e. The second-order valence-corrected chi connectivity index (χ2v) is 7.81. The minimum Gasteiger partial charge on any atom is -0.351 e. The van der Waals surface area contributed by atoms with Crippen molar-refractivity contribution in [3.8, 4) is 0 Å². The van der Waals surface area contributed by atoms with E-state index in [-0.39, 0.29) is 11.9 Å². The Morgan fingerprint density at radius 1 is 1.24 bits per heavy atom. The Labute approximate surface area is 152 Å². The number of rotatable bonds is 4. The van der Waals surface area contributed by atoms with Gasteiger partial charge in [0.25, 0.3) is 0 Å². The van der Waals surface area contributed by atoms with Gasteiger partial charge in [0.2, 0.25) is 5.91 Å². The van der Waals surface area contributed by atoms with Gasteiger partial charge >= 0.3 is 0 Å². The van der Waals surface area contributed by atoms with Crippen molar-refractivity contribution in [2.75, 3.05) is 27.2 Å². The first-order valence-electron chi connectivity index (χ1n) is 8.50. The lowest BCUT2D eigenvalue weighted by molar-refractivity contribution is -0.117. The maximum atomic E-state index is 12.8. The average Bonchev–Trinajstić information content (AvgIpc) is 2.99. The Kier molecular flexibility index (Phi) is 4.36. The van der Waals surface area contributed by atoms with E-state index in [1.54, 1.807) is 6.21 Å². The highest BCUT2D eigenvalue weighted by atomic mass is 32.2. The first-order chi connectivity index (χ1) is 12.1. The standard InChI is InChI=1S/C20H21N3OS/c1-23(2)11-10-22-20(24)16-12-15-13-6-3-4-8-17(13)25-19(15)14-7-5-9-21-18(14)16/h3-9,12,17-18H,10-11H2,1-2H3,(H,22,24). The Hall–Kier alpha value is -2.11. The van der Waals surface area contributed by atoms with Crippen LogP contribution in [0.3, 0.4) is 0 Å². The second kappa shape index (κ2) is 6.65. The van der Waals surface area contributed by atoms with Crippen LogP contribution in [0.2, 0.25) is 0 Å². The Bertz CT molecular complexity index is 824. The van der Waals surface area contributed by atoms with E-state index in [0.29, 0.717) is 11.8 Å². The van der Waals surface area contributed by atoms with E-state index >= 15 is 0 Å². The molecule has 2 aliphatic heterocycles.